The molecule has 0 radical (unpaired) electrons. The Hall–Kier alpha value is 1.14. The molecule has 9 heteroatoms. The van der Waals surface area contributed by atoms with Crippen LogP contribution >= 0.6 is 67.6 Å². The molecule has 2 aliphatic carbocycles. The van der Waals surface area contributed by atoms with E-state index in [1.165, 1.54) is 64.2 Å². The molecule has 192 valence electrons. The van der Waals surface area contributed by atoms with Crippen LogP contribution in [0.5, 0.6) is 0 Å². The van der Waals surface area contributed by atoms with Crippen molar-refractivity contribution in [2.24, 2.45) is 0 Å². The van der Waals surface area contributed by atoms with Crippen molar-refractivity contribution in [3.63, 3.8) is 0 Å². The SMILES string of the molecule is CCCN(C(=S)SSC(C)OC(C)SSC(=S)N(CCC)C1CCCCC1)C1CCCCC1. The summed E-state index contributed by atoms with van der Waals surface area (Å²) in [4.78, 5) is 4.97. The average Bonchev–Trinajstić information content (AvgIpc) is 2.84. The first-order valence-corrected chi connectivity index (χ1v) is 18.1. The Bertz CT molecular complexity index is 521. The van der Waals surface area contributed by atoms with Gasteiger partial charge in [-0.3, -0.25) is 0 Å². The van der Waals surface area contributed by atoms with Crippen LogP contribution in [0.4, 0.5) is 0 Å². The second-order valence-corrected chi connectivity index (χ2v) is 15.4. The average molecular weight is 569 g/mol. The maximum atomic E-state index is 6.25. The van der Waals surface area contributed by atoms with Gasteiger partial charge in [-0.15, -0.1) is 0 Å². The van der Waals surface area contributed by atoms with E-state index in [-0.39, 0.29) is 10.9 Å². The summed E-state index contributed by atoms with van der Waals surface area (Å²) < 4.78 is 8.31. The lowest BCUT2D eigenvalue weighted by Crippen LogP contribution is -2.39. The maximum Gasteiger partial charge on any atom is 0.147 e. The molecule has 2 aliphatic rings. The van der Waals surface area contributed by atoms with Crippen LogP contribution in [0.2, 0.25) is 0 Å². The molecule has 0 aliphatic heterocycles. The van der Waals surface area contributed by atoms with Gasteiger partial charge in [0.25, 0.3) is 0 Å². The van der Waals surface area contributed by atoms with Crippen molar-refractivity contribution in [1.82, 2.24) is 9.80 Å². The summed E-state index contributed by atoms with van der Waals surface area (Å²) in [5.74, 6) is 0. The predicted molar refractivity (Wildman–Crippen MR) is 163 cm³/mol. The standard InChI is InChI=1S/C24H44N2OS6/c1-5-17-25(21-13-9-7-10-14-21)23(28)32-30-19(3)27-20(4)31-33-24(29)26(18-6-2)22-15-11-8-12-16-22/h19-22H,5-18H2,1-4H3. The van der Waals surface area contributed by atoms with Gasteiger partial charge >= 0.3 is 0 Å². The molecule has 0 aromatic carbocycles. The Morgan fingerprint density at radius 2 is 1.09 bits per heavy atom. The first-order chi connectivity index (χ1) is 16.0. The Kier molecular flexibility index (Phi) is 16.2. The minimum Gasteiger partial charge on any atom is -0.354 e. The lowest BCUT2D eigenvalue weighted by Gasteiger charge is -2.36. The van der Waals surface area contributed by atoms with E-state index in [1.807, 2.05) is 0 Å². The van der Waals surface area contributed by atoms with E-state index in [2.05, 4.69) is 37.5 Å². The first-order valence-electron chi connectivity index (χ1n) is 12.9. The topological polar surface area (TPSA) is 15.7 Å². The molecule has 2 rings (SSSR count). The number of thiocarbonyl (C=S) groups is 2. The second kappa shape index (κ2) is 17.6. The molecule has 2 fully saturated rings. The van der Waals surface area contributed by atoms with Gasteiger partial charge in [0.2, 0.25) is 0 Å². The van der Waals surface area contributed by atoms with Crippen molar-refractivity contribution in [2.45, 2.75) is 128 Å². The highest BCUT2D eigenvalue weighted by atomic mass is 33.1. The third kappa shape index (κ3) is 11.4. The number of hydrogen-bond acceptors (Lipinski definition) is 7. The van der Waals surface area contributed by atoms with E-state index >= 15 is 0 Å². The third-order valence-electron chi connectivity index (χ3n) is 6.32. The quantitative estimate of drug-likeness (QED) is 0.129. The normalized spacial score (nSPS) is 19.8. The number of ether oxygens (including phenoxy) is 1. The van der Waals surface area contributed by atoms with Gasteiger partial charge in [-0.25, -0.2) is 0 Å². The van der Waals surface area contributed by atoms with Crippen molar-refractivity contribution in [1.29, 1.82) is 0 Å². The van der Waals surface area contributed by atoms with Crippen molar-refractivity contribution in [3.8, 4) is 0 Å². The fourth-order valence-corrected chi connectivity index (χ4v) is 9.69. The van der Waals surface area contributed by atoms with Gasteiger partial charge in [-0.05, 0) is 74.0 Å². The first kappa shape index (κ1) is 30.4. The Balaban J connectivity index is 1.72. The lowest BCUT2D eigenvalue weighted by molar-refractivity contribution is 0.115. The maximum absolute atomic E-state index is 6.25. The van der Waals surface area contributed by atoms with E-state index in [0.717, 1.165) is 34.6 Å². The highest BCUT2D eigenvalue weighted by Crippen LogP contribution is 2.38. The van der Waals surface area contributed by atoms with Crippen LogP contribution in [0, 0.1) is 0 Å². The molecule has 33 heavy (non-hydrogen) atoms. The molecular weight excluding hydrogens is 525 g/mol. The third-order valence-corrected chi connectivity index (χ3v) is 12.8. The van der Waals surface area contributed by atoms with Crippen molar-refractivity contribution in [3.05, 3.63) is 0 Å². The molecule has 0 bridgehead atoms. The van der Waals surface area contributed by atoms with Crippen LogP contribution < -0.4 is 0 Å². The smallest absolute Gasteiger partial charge is 0.147 e. The van der Waals surface area contributed by atoms with E-state index in [4.69, 9.17) is 29.2 Å². The zero-order valence-corrected chi connectivity index (χ0v) is 25.9. The highest BCUT2D eigenvalue weighted by molar-refractivity contribution is 8.84. The van der Waals surface area contributed by atoms with Crippen molar-refractivity contribution >= 4 is 76.3 Å². The summed E-state index contributed by atoms with van der Waals surface area (Å²) >= 11 is 11.7. The summed E-state index contributed by atoms with van der Waals surface area (Å²) in [5.41, 5.74) is 0.175. The number of rotatable bonds is 12. The summed E-state index contributed by atoms with van der Waals surface area (Å²) in [6, 6.07) is 1.27. The predicted octanol–water partition coefficient (Wildman–Crippen LogP) is 9.12. The van der Waals surface area contributed by atoms with Crippen LogP contribution in [0.3, 0.4) is 0 Å². The van der Waals surface area contributed by atoms with Gasteiger partial charge in [-0.2, -0.15) is 0 Å². The fourth-order valence-electron chi connectivity index (χ4n) is 4.74. The Labute approximate surface area is 230 Å². The molecule has 0 aromatic rings. The molecule has 0 heterocycles. The number of hydrogen-bond donors (Lipinski definition) is 0. The minimum absolute atomic E-state index is 0.0875. The Morgan fingerprint density at radius 3 is 1.42 bits per heavy atom. The van der Waals surface area contributed by atoms with Gasteiger partial charge in [-0.1, -0.05) is 98.4 Å². The molecule has 3 nitrogen and oxygen atoms in total. The molecule has 0 aromatic heterocycles. The zero-order valence-electron chi connectivity index (χ0n) is 21.0. The summed E-state index contributed by atoms with van der Waals surface area (Å²) in [7, 11) is 6.94. The minimum atomic E-state index is 0.0875. The second-order valence-electron chi connectivity index (χ2n) is 9.13. The van der Waals surface area contributed by atoms with Crippen LogP contribution in [0.25, 0.3) is 0 Å². The van der Waals surface area contributed by atoms with Gasteiger partial charge in [0.05, 0.1) is 0 Å². The highest BCUT2D eigenvalue weighted by Gasteiger charge is 2.25. The lowest BCUT2D eigenvalue weighted by atomic mass is 9.94. The van der Waals surface area contributed by atoms with Gasteiger partial charge in [0, 0.05) is 25.2 Å². The molecule has 0 saturated heterocycles. The fraction of sp³-hybridized carbons (Fsp3) is 0.917. The largest absolute Gasteiger partial charge is 0.354 e. The molecule has 2 unspecified atom stereocenters. The number of nitrogens with zero attached hydrogens (tertiary/aromatic N) is 2. The van der Waals surface area contributed by atoms with Gasteiger partial charge < -0.3 is 14.5 Å². The van der Waals surface area contributed by atoms with Crippen LogP contribution in [0.1, 0.15) is 105 Å². The molecule has 2 atom stereocenters. The van der Waals surface area contributed by atoms with E-state index in [0.29, 0.717) is 12.1 Å². The van der Waals surface area contributed by atoms with Crippen LogP contribution in [-0.2, 0) is 4.74 Å². The molecule has 0 amide bonds. The molecule has 0 N–H and O–H groups in total. The zero-order chi connectivity index (χ0) is 24.1. The molecule has 2 saturated carbocycles. The van der Waals surface area contributed by atoms with Gasteiger partial charge in [0.1, 0.15) is 19.5 Å². The van der Waals surface area contributed by atoms with Crippen molar-refractivity contribution in [2.75, 3.05) is 13.1 Å². The summed E-state index contributed by atoms with van der Waals surface area (Å²) in [6.45, 7) is 10.9. The monoisotopic (exact) mass is 568 g/mol. The Morgan fingerprint density at radius 1 is 0.727 bits per heavy atom. The summed E-state index contributed by atoms with van der Waals surface area (Å²) in [5, 5.41) is 0. The summed E-state index contributed by atoms with van der Waals surface area (Å²) in [6.07, 6.45) is 15.6. The van der Waals surface area contributed by atoms with Crippen LogP contribution in [-0.4, -0.2) is 54.5 Å². The van der Waals surface area contributed by atoms with E-state index < -0.39 is 0 Å². The van der Waals surface area contributed by atoms with E-state index in [9.17, 15) is 0 Å². The molecular formula is C24H44N2OS6. The van der Waals surface area contributed by atoms with Gasteiger partial charge in [0.15, 0.2) is 0 Å². The molecule has 0 spiro atoms. The van der Waals surface area contributed by atoms with Crippen molar-refractivity contribution < 1.29 is 4.74 Å². The van der Waals surface area contributed by atoms with Crippen LogP contribution in [0.15, 0.2) is 0 Å². The van der Waals surface area contributed by atoms with E-state index in [1.54, 1.807) is 43.2 Å².